The number of carbonyl (C=O) groups is 1. The van der Waals surface area contributed by atoms with Crippen LogP contribution in [0, 0.1) is 0 Å². The lowest BCUT2D eigenvalue weighted by atomic mass is 10.0. The minimum atomic E-state index is -0.181. The second-order valence-corrected chi connectivity index (χ2v) is 4.21. The van der Waals surface area contributed by atoms with E-state index in [1.54, 1.807) is 24.3 Å². The highest BCUT2D eigenvalue weighted by Crippen LogP contribution is 2.10. The van der Waals surface area contributed by atoms with E-state index in [4.69, 9.17) is 0 Å². The van der Waals surface area contributed by atoms with Gasteiger partial charge in [0.15, 0.2) is 5.78 Å². The van der Waals surface area contributed by atoms with Gasteiger partial charge in [0.05, 0.1) is 0 Å². The van der Waals surface area contributed by atoms with Crippen molar-refractivity contribution in [2.45, 2.75) is 6.92 Å². The van der Waals surface area contributed by atoms with Crippen LogP contribution >= 0.6 is 9.24 Å². The van der Waals surface area contributed by atoms with Gasteiger partial charge in [-0.3, -0.25) is 4.79 Å². The van der Waals surface area contributed by atoms with Gasteiger partial charge in [0, 0.05) is 11.1 Å². The predicted molar refractivity (Wildman–Crippen MR) is 75.2 cm³/mol. The summed E-state index contributed by atoms with van der Waals surface area (Å²) in [6, 6.07) is 0. The minimum Gasteiger partial charge on any atom is -0.289 e. The molecule has 0 radical (unpaired) electrons. The fourth-order valence-electron chi connectivity index (χ4n) is 0.808. The van der Waals surface area contributed by atoms with Gasteiger partial charge >= 0.3 is 0 Å². The summed E-state index contributed by atoms with van der Waals surface area (Å²) in [6.07, 6.45) is 6.71. The maximum Gasteiger partial charge on any atom is 0.191 e. The monoisotopic (exact) mass is 232 g/mol. The average Bonchev–Trinajstić information content (AvgIpc) is 2.21. The first kappa shape index (κ1) is 14.5. The molecule has 16 heavy (non-hydrogen) atoms. The van der Waals surface area contributed by atoms with Gasteiger partial charge in [-0.15, -0.1) is 9.24 Å². The van der Waals surface area contributed by atoms with E-state index in [9.17, 15) is 4.79 Å². The van der Waals surface area contributed by atoms with Crippen molar-refractivity contribution >= 4 is 15.0 Å². The van der Waals surface area contributed by atoms with Gasteiger partial charge in [-0.1, -0.05) is 56.2 Å². The van der Waals surface area contributed by atoms with E-state index in [1.165, 1.54) is 0 Å². The van der Waals surface area contributed by atoms with Crippen LogP contribution in [0.3, 0.4) is 0 Å². The molecule has 0 aliphatic carbocycles. The van der Waals surface area contributed by atoms with E-state index >= 15 is 0 Å². The van der Waals surface area contributed by atoms with Crippen molar-refractivity contribution in [3.63, 3.8) is 0 Å². The number of hydrogen-bond acceptors (Lipinski definition) is 1. The van der Waals surface area contributed by atoms with Crippen molar-refractivity contribution < 1.29 is 4.79 Å². The molecular formula is C14H17OP. The Balaban J connectivity index is 4.57. The molecule has 0 rings (SSSR count). The molecule has 1 nitrogen and oxygen atoms in total. The molecule has 1 atom stereocenters. The van der Waals surface area contributed by atoms with Crippen LogP contribution in [0.2, 0.25) is 0 Å². The molecule has 0 aliphatic rings. The number of hydrogen-bond donors (Lipinski definition) is 0. The molecule has 0 spiro atoms. The third kappa shape index (κ3) is 6.10. The summed E-state index contributed by atoms with van der Waals surface area (Å²) in [4.78, 5) is 11.7. The van der Waals surface area contributed by atoms with Crippen molar-refractivity contribution in [2.75, 3.05) is 0 Å². The van der Waals surface area contributed by atoms with E-state index in [-0.39, 0.29) is 5.78 Å². The Morgan fingerprint density at radius 2 is 1.38 bits per heavy atom. The van der Waals surface area contributed by atoms with E-state index < -0.39 is 0 Å². The van der Waals surface area contributed by atoms with E-state index in [1.807, 2.05) is 6.92 Å². The van der Waals surface area contributed by atoms with Crippen LogP contribution in [-0.4, -0.2) is 5.78 Å². The molecule has 2 heteroatoms. The molecule has 0 fully saturated rings. The van der Waals surface area contributed by atoms with Gasteiger partial charge in [-0.05, 0) is 12.2 Å². The molecule has 0 saturated heterocycles. The number of rotatable bonds is 6. The summed E-state index contributed by atoms with van der Waals surface area (Å²) in [6.45, 7) is 16.6. The van der Waals surface area contributed by atoms with Gasteiger partial charge < -0.3 is 0 Å². The zero-order valence-electron chi connectivity index (χ0n) is 9.62. The highest BCUT2D eigenvalue weighted by Gasteiger charge is 2.05. The van der Waals surface area contributed by atoms with Crippen molar-refractivity contribution in [3.05, 3.63) is 72.7 Å². The van der Waals surface area contributed by atoms with Crippen molar-refractivity contribution in [1.82, 2.24) is 0 Å². The number of allylic oxidation sites excluding steroid dienone is 8. The quantitative estimate of drug-likeness (QED) is 0.387. The van der Waals surface area contributed by atoms with Gasteiger partial charge in [-0.2, -0.15) is 0 Å². The molecule has 0 aromatic heterocycles. The molecule has 0 bridgehead atoms. The SMILES string of the molecule is C=C(C)/C=C\C(=C)C(=O)C(=C)/C=C\C(=C)P. The summed E-state index contributed by atoms with van der Waals surface area (Å²) >= 11 is 0. The lowest BCUT2D eigenvalue weighted by Gasteiger charge is -1.99. The average molecular weight is 232 g/mol. The zero-order chi connectivity index (χ0) is 12.7. The topological polar surface area (TPSA) is 17.1 Å². The third-order valence-electron chi connectivity index (χ3n) is 1.65. The van der Waals surface area contributed by atoms with Crippen LogP contribution in [-0.2, 0) is 4.79 Å². The van der Waals surface area contributed by atoms with Gasteiger partial charge in [0.2, 0.25) is 0 Å². The lowest BCUT2D eigenvalue weighted by molar-refractivity contribution is -0.111. The molecule has 1 unspecified atom stereocenters. The summed E-state index contributed by atoms with van der Waals surface area (Å²) in [7, 11) is 2.43. The Bertz CT molecular complexity index is 370. The third-order valence-corrected chi connectivity index (χ3v) is 1.84. The zero-order valence-corrected chi connectivity index (χ0v) is 10.8. The van der Waals surface area contributed by atoms with Crippen molar-refractivity contribution in [2.24, 2.45) is 0 Å². The Kier molecular flexibility index (Phi) is 6.29. The molecule has 0 amide bonds. The smallest absolute Gasteiger partial charge is 0.191 e. The number of Topliss-reactive ketones (excluding diaryl/α,β-unsaturated/α-hetero) is 1. The largest absolute Gasteiger partial charge is 0.289 e. The van der Waals surface area contributed by atoms with Crippen LogP contribution in [0.4, 0.5) is 0 Å². The highest BCUT2D eigenvalue weighted by atomic mass is 31.0. The van der Waals surface area contributed by atoms with Gasteiger partial charge in [0.1, 0.15) is 0 Å². The fraction of sp³-hybridized carbons (Fsp3) is 0.0714. The van der Waals surface area contributed by atoms with E-state index in [0.717, 1.165) is 10.9 Å². The summed E-state index contributed by atoms with van der Waals surface area (Å²) in [5, 5.41) is 0.789. The van der Waals surface area contributed by atoms with Gasteiger partial charge in [-0.25, -0.2) is 0 Å². The molecule has 0 aromatic rings. The maximum atomic E-state index is 11.7. The van der Waals surface area contributed by atoms with Gasteiger partial charge in [0.25, 0.3) is 0 Å². The van der Waals surface area contributed by atoms with E-state index in [2.05, 4.69) is 35.6 Å². The highest BCUT2D eigenvalue weighted by molar-refractivity contribution is 7.22. The first-order valence-corrected chi connectivity index (χ1v) is 5.31. The molecule has 0 saturated carbocycles. The second kappa shape index (κ2) is 6.92. The van der Waals surface area contributed by atoms with Crippen molar-refractivity contribution in [1.29, 1.82) is 0 Å². The fourth-order valence-corrected chi connectivity index (χ4v) is 0.904. The molecule has 0 heterocycles. The Morgan fingerprint density at radius 1 is 0.938 bits per heavy atom. The minimum absolute atomic E-state index is 0.181. The number of ketones is 1. The van der Waals surface area contributed by atoms with Crippen LogP contribution < -0.4 is 0 Å². The molecule has 0 N–H and O–H groups in total. The first-order valence-electron chi connectivity index (χ1n) is 4.73. The molecule has 84 valence electrons. The van der Waals surface area contributed by atoms with Crippen LogP contribution in [0.15, 0.2) is 72.7 Å². The molecular weight excluding hydrogens is 215 g/mol. The summed E-state index contributed by atoms with van der Waals surface area (Å²) < 4.78 is 0. The predicted octanol–water partition coefficient (Wildman–Crippen LogP) is 3.75. The standard InChI is InChI=1S/C14H17OP/c1-10(2)6-7-11(3)14(15)12(4)8-9-13(5)16/h6-9H,1,3-5,16H2,2H3/b7-6-,9-8-. The van der Waals surface area contributed by atoms with Crippen LogP contribution in [0.25, 0.3) is 0 Å². The summed E-state index contributed by atoms with van der Waals surface area (Å²) in [5.74, 6) is -0.181. The normalized spacial score (nSPS) is 10.6. The van der Waals surface area contributed by atoms with Crippen LogP contribution in [0.1, 0.15) is 6.92 Å². The van der Waals surface area contributed by atoms with Crippen molar-refractivity contribution in [3.8, 4) is 0 Å². The molecule has 0 aromatic carbocycles. The first-order chi connectivity index (χ1) is 7.34. The number of carbonyl (C=O) groups excluding carboxylic acids is 1. The maximum absolute atomic E-state index is 11.7. The lowest BCUT2D eigenvalue weighted by Crippen LogP contribution is -2.00. The van der Waals surface area contributed by atoms with Crippen LogP contribution in [0.5, 0.6) is 0 Å². The van der Waals surface area contributed by atoms with E-state index in [0.29, 0.717) is 11.1 Å². The second-order valence-electron chi connectivity index (χ2n) is 3.47. The Morgan fingerprint density at radius 3 is 1.75 bits per heavy atom. The Labute approximate surface area is 99.8 Å². The summed E-state index contributed by atoms with van der Waals surface area (Å²) in [5.41, 5.74) is 1.65. The Hall–Kier alpha value is -1.46. The molecule has 0 aliphatic heterocycles.